The fourth-order valence-electron chi connectivity index (χ4n) is 3.24. The van der Waals surface area contributed by atoms with Gasteiger partial charge in [-0.3, -0.25) is 0 Å². The van der Waals surface area contributed by atoms with E-state index in [1.807, 2.05) is 12.1 Å². The first-order valence-electron chi connectivity index (χ1n) is 8.22. The minimum atomic E-state index is -4.11. The highest BCUT2D eigenvalue weighted by molar-refractivity contribution is 5.95. The molecule has 3 rings (SSSR count). The van der Waals surface area contributed by atoms with Gasteiger partial charge < -0.3 is 9.47 Å². The predicted molar refractivity (Wildman–Crippen MR) is 87.7 cm³/mol. The highest BCUT2D eigenvalue weighted by Gasteiger charge is 2.41. The van der Waals surface area contributed by atoms with Crippen molar-refractivity contribution < 1.29 is 27.4 Å². The Labute approximate surface area is 143 Å². The molecule has 1 fully saturated rings. The van der Waals surface area contributed by atoms with E-state index in [-0.39, 0.29) is 18.9 Å². The molecule has 0 N–H and O–H groups in total. The van der Waals surface area contributed by atoms with Crippen LogP contribution in [0, 0.1) is 5.92 Å². The maximum absolute atomic E-state index is 12.7. The van der Waals surface area contributed by atoms with Gasteiger partial charge in [-0.05, 0) is 60.7 Å². The molecule has 0 bridgehead atoms. The van der Waals surface area contributed by atoms with Crippen molar-refractivity contribution in [3.05, 3.63) is 42.0 Å². The predicted octanol–water partition coefficient (Wildman–Crippen LogP) is 5.13. The quantitative estimate of drug-likeness (QED) is 0.719. The van der Waals surface area contributed by atoms with E-state index in [0.29, 0.717) is 24.2 Å². The summed E-state index contributed by atoms with van der Waals surface area (Å²) in [4.78, 5) is 11.6. The molecular weight excluding hydrogens is 333 g/mol. The number of hydrogen-bond acceptors (Lipinski definition) is 3. The zero-order valence-electron chi connectivity index (χ0n) is 13.8. The maximum Gasteiger partial charge on any atom is 0.391 e. The standard InChI is InChI=1S/C19H19F3O3/c1-24-18(23)14-3-2-13-11-17(7-4-12(13)10-14)25-16-8-5-15(6-9-16)19(20,21)22/h2-4,7,10-11,15-16H,5-6,8-9H2,1H3. The van der Waals surface area contributed by atoms with Crippen molar-refractivity contribution in [3.8, 4) is 5.75 Å². The van der Waals surface area contributed by atoms with Crippen LogP contribution in [-0.4, -0.2) is 25.4 Å². The first-order valence-corrected chi connectivity index (χ1v) is 8.22. The Kier molecular flexibility index (Phi) is 4.88. The molecule has 1 aliphatic carbocycles. The van der Waals surface area contributed by atoms with Crippen LogP contribution in [0.4, 0.5) is 13.2 Å². The number of methoxy groups -OCH3 is 1. The summed E-state index contributed by atoms with van der Waals surface area (Å²) in [6.45, 7) is 0. The number of benzene rings is 2. The summed E-state index contributed by atoms with van der Waals surface area (Å²) in [5.41, 5.74) is 0.467. The zero-order chi connectivity index (χ0) is 18.0. The number of ether oxygens (including phenoxy) is 2. The Morgan fingerprint density at radius 1 is 1.00 bits per heavy atom. The van der Waals surface area contributed by atoms with Crippen LogP contribution in [0.1, 0.15) is 36.0 Å². The smallest absolute Gasteiger partial charge is 0.391 e. The molecule has 6 heteroatoms. The lowest BCUT2D eigenvalue weighted by Crippen LogP contribution is -2.31. The van der Waals surface area contributed by atoms with Crippen LogP contribution in [0.2, 0.25) is 0 Å². The number of alkyl halides is 3. The molecule has 0 aromatic heterocycles. The second-order valence-corrected chi connectivity index (χ2v) is 6.35. The summed E-state index contributed by atoms with van der Waals surface area (Å²) in [7, 11) is 1.33. The molecule has 0 unspecified atom stereocenters. The molecule has 0 heterocycles. The Morgan fingerprint density at radius 3 is 2.28 bits per heavy atom. The van der Waals surface area contributed by atoms with Crippen molar-refractivity contribution in [2.24, 2.45) is 5.92 Å². The number of hydrogen-bond donors (Lipinski definition) is 0. The summed E-state index contributed by atoms with van der Waals surface area (Å²) in [6.07, 6.45) is -3.25. The van der Waals surface area contributed by atoms with E-state index in [4.69, 9.17) is 9.47 Å². The van der Waals surface area contributed by atoms with E-state index < -0.39 is 18.1 Å². The second kappa shape index (κ2) is 6.94. The number of carbonyl (C=O) groups excluding carboxylic acids is 1. The lowest BCUT2D eigenvalue weighted by atomic mass is 9.87. The average Bonchev–Trinajstić information content (AvgIpc) is 2.60. The van der Waals surface area contributed by atoms with Crippen LogP contribution in [0.3, 0.4) is 0 Å². The molecule has 0 atom stereocenters. The van der Waals surface area contributed by atoms with Gasteiger partial charge >= 0.3 is 12.1 Å². The van der Waals surface area contributed by atoms with Gasteiger partial charge in [0.15, 0.2) is 0 Å². The Morgan fingerprint density at radius 2 is 1.64 bits per heavy atom. The maximum atomic E-state index is 12.7. The molecule has 134 valence electrons. The van der Waals surface area contributed by atoms with Crippen molar-refractivity contribution in [2.45, 2.75) is 38.0 Å². The van der Waals surface area contributed by atoms with Crippen molar-refractivity contribution in [3.63, 3.8) is 0 Å². The molecule has 3 nitrogen and oxygen atoms in total. The first-order chi connectivity index (χ1) is 11.9. The van der Waals surface area contributed by atoms with E-state index in [0.717, 1.165) is 10.8 Å². The molecule has 0 radical (unpaired) electrons. The van der Waals surface area contributed by atoms with E-state index >= 15 is 0 Å². The molecule has 0 amide bonds. The number of carbonyl (C=O) groups is 1. The van der Waals surface area contributed by atoms with Gasteiger partial charge in [0.25, 0.3) is 0 Å². The van der Waals surface area contributed by atoms with Crippen LogP contribution in [0.15, 0.2) is 36.4 Å². The van der Waals surface area contributed by atoms with Crippen LogP contribution in [0.5, 0.6) is 5.75 Å². The molecular formula is C19H19F3O3. The SMILES string of the molecule is COC(=O)c1ccc2cc(OC3CCC(C(F)(F)F)CC3)ccc2c1. The van der Waals surface area contributed by atoms with E-state index in [2.05, 4.69) is 0 Å². The summed E-state index contributed by atoms with van der Waals surface area (Å²) >= 11 is 0. The third kappa shape index (κ3) is 4.06. The molecule has 0 spiro atoms. The van der Waals surface area contributed by atoms with Gasteiger partial charge in [0.1, 0.15) is 5.75 Å². The molecule has 2 aromatic rings. The van der Waals surface area contributed by atoms with Gasteiger partial charge in [0.05, 0.1) is 24.7 Å². The van der Waals surface area contributed by atoms with Gasteiger partial charge in [-0.15, -0.1) is 0 Å². The summed E-state index contributed by atoms with van der Waals surface area (Å²) in [5.74, 6) is -0.974. The lowest BCUT2D eigenvalue weighted by molar-refractivity contribution is -0.185. The molecule has 0 aliphatic heterocycles. The number of fused-ring (bicyclic) bond motifs is 1. The van der Waals surface area contributed by atoms with Crippen LogP contribution < -0.4 is 4.74 Å². The van der Waals surface area contributed by atoms with Gasteiger partial charge in [0, 0.05) is 0 Å². The van der Waals surface area contributed by atoms with Crippen LogP contribution in [0.25, 0.3) is 10.8 Å². The lowest BCUT2D eigenvalue weighted by Gasteiger charge is -2.30. The monoisotopic (exact) mass is 352 g/mol. The average molecular weight is 352 g/mol. The zero-order valence-corrected chi connectivity index (χ0v) is 13.8. The van der Waals surface area contributed by atoms with Crippen LogP contribution >= 0.6 is 0 Å². The Bertz CT molecular complexity index is 762. The largest absolute Gasteiger partial charge is 0.490 e. The van der Waals surface area contributed by atoms with Crippen LogP contribution in [-0.2, 0) is 4.74 Å². The van der Waals surface area contributed by atoms with E-state index in [1.54, 1.807) is 24.3 Å². The summed E-state index contributed by atoms with van der Waals surface area (Å²) in [6, 6.07) is 10.7. The van der Waals surface area contributed by atoms with Crippen molar-refractivity contribution in [1.29, 1.82) is 0 Å². The summed E-state index contributed by atoms with van der Waals surface area (Å²) in [5, 5.41) is 1.77. The molecule has 1 aliphatic rings. The fourth-order valence-corrected chi connectivity index (χ4v) is 3.24. The summed E-state index contributed by atoms with van der Waals surface area (Å²) < 4.78 is 48.7. The van der Waals surface area contributed by atoms with Crippen molar-refractivity contribution >= 4 is 16.7 Å². The van der Waals surface area contributed by atoms with Gasteiger partial charge in [-0.25, -0.2) is 4.79 Å². The molecule has 1 saturated carbocycles. The van der Waals surface area contributed by atoms with Gasteiger partial charge in [0.2, 0.25) is 0 Å². The van der Waals surface area contributed by atoms with E-state index in [9.17, 15) is 18.0 Å². The third-order valence-electron chi connectivity index (χ3n) is 4.67. The normalized spacial score (nSPS) is 21.1. The van der Waals surface area contributed by atoms with Gasteiger partial charge in [-0.2, -0.15) is 13.2 Å². The molecule has 0 saturated heterocycles. The first kappa shape index (κ1) is 17.6. The minimum absolute atomic E-state index is 0.115. The van der Waals surface area contributed by atoms with Crippen molar-refractivity contribution in [1.82, 2.24) is 0 Å². The topological polar surface area (TPSA) is 35.5 Å². The molecule has 2 aromatic carbocycles. The highest BCUT2D eigenvalue weighted by Crippen LogP contribution is 2.38. The Balaban J connectivity index is 1.68. The Hall–Kier alpha value is -2.24. The number of esters is 1. The molecule has 25 heavy (non-hydrogen) atoms. The third-order valence-corrected chi connectivity index (χ3v) is 4.67. The van der Waals surface area contributed by atoms with Gasteiger partial charge in [-0.1, -0.05) is 12.1 Å². The minimum Gasteiger partial charge on any atom is -0.490 e. The van der Waals surface area contributed by atoms with E-state index in [1.165, 1.54) is 7.11 Å². The second-order valence-electron chi connectivity index (χ2n) is 6.35. The number of halogens is 3. The highest BCUT2D eigenvalue weighted by atomic mass is 19.4. The fraction of sp³-hybridized carbons (Fsp3) is 0.421. The number of rotatable bonds is 3. The van der Waals surface area contributed by atoms with Crippen molar-refractivity contribution in [2.75, 3.05) is 7.11 Å².